The van der Waals surface area contributed by atoms with Crippen molar-refractivity contribution in [1.82, 2.24) is 0 Å². The van der Waals surface area contributed by atoms with Gasteiger partial charge in [-0.2, -0.15) is 0 Å². The maximum absolute atomic E-state index is 5.51. The van der Waals surface area contributed by atoms with Crippen molar-refractivity contribution in [2.45, 2.75) is 25.9 Å². The summed E-state index contributed by atoms with van der Waals surface area (Å²) in [5.74, 6) is 0. The number of benzene rings is 1. The fraction of sp³-hybridized carbons (Fsp3) is 0.385. The summed E-state index contributed by atoms with van der Waals surface area (Å²) in [4.78, 5) is 0. The summed E-state index contributed by atoms with van der Waals surface area (Å²) in [6.07, 6.45) is 6.37. The smallest absolute Gasteiger partial charge is 0.115 e. The zero-order chi connectivity index (χ0) is 11.4. The molecule has 1 aromatic carbocycles. The number of hydrogen-bond donors (Lipinski definition) is 1. The van der Waals surface area contributed by atoms with Crippen LogP contribution in [0.4, 0.5) is 5.69 Å². The van der Waals surface area contributed by atoms with E-state index < -0.39 is 0 Å². The van der Waals surface area contributed by atoms with Crippen LogP contribution >= 0.6 is 15.9 Å². The molecule has 0 saturated heterocycles. The van der Waals surface area contributed by atoms with Gasteiger partial charge in [-0.25, -0.2) is 0 Å². The van der Waals surface area contributed by atoms with Crippen molar-refractivity contribution in [3.8, 4) is 0 Å². The van der Waals surface area contributed by atoms with Crippen LogP contribution in [-0.4, -0.2) is 12.6 Å². The first kappa shape index (κ1) is 11.5. The Kier molecular flexibility index (Phi) is 3.88. The molecule has 1 unspecified atom stereocenters. The number of rotatable bonds is 3. The zero-order valence-corrected chi connectivity index (χ0v) is 11.0. The van der Waals surface area contributed by atoms with Crippen LogP contribution < -0.4 is 5.32 Å². The van der Waals surface area contributed by atoms with Gasteiger partial charge in [0.05, 0.1) is 12.8 Å². The van der Waals surface area contributed by atoms with Crippen molar-refractivity contribution in [3.63, 3.8) is 0 Å². The molecule has 1 aliphatic heterocycles. The second-order valence-electron chi connectivity index (χ2n) is 4.07. The van der Waals surface area contributed by atoms with Crippen molar-refractivity contribution in [2.24, 2.45) is 0 Å². The van der Waals surface area contributed by atoms with Crippen molar-refractivity contribution < 1.29 is 4.74 Å². The SMILES string of the molecule is Cc1ccc(Br)c(NCC2CCC=CO2)c1. The van der Waals surface area contributed by atoms with Crippen molar-refractivity contribution in [1.29, 1.82) is 0 Å². The highest BCUT2D eigenvalue weighted by Gasteiger charge is 2.11. The van der Waals surface area contributed by atoms with Gasteiger partial charge in [-0.05, 0) is 59.5 Å². The monoisotopic (exact) mass is 281 g/mol. The highest BCUT2D eigenvalue weighted by Crippen LogP contribution is 2.23. The fourth-order valence-electron chi connectivity index (χ4n) is 1.73. The molecule has 86 valence electrons. The van der Waals surface area contributed by atoms with Gasteiger partial charge in [-0.3, -0.25) is 0 Å². The molecule has 0 bridgehead atoms. The van der Waals surface area contributed by atoms with Crippen LogP contribution in [0, 0.1) is 6.92 Å². The lowest BCUT2D eigenvalue weighted by Crippen LogP contribution is -2.23. The summed E-state index contributed by atoms with van der Waals surface area (Å²) in [7, 11) is 0. The summed E-state index contributed by atoms with van der Waals surface area (Å²) in [6, 6.07) is 6.30. The molecule has 2 nitrogen and oxygen atoms in total. The number of hydrogen-bond acceptors (Lipinski definition) is 2. The Morgan fingerprint density at radius 3 is 3.12 bits per heavy atom. The summed E-state index contributed by atoms with van der Waals surface area (Å²) in [5.41, 5.74) is 2.40. The van der Waals surface area contributed by atoms with Gasteiger partial charge in [0.1, 0.15) is 6.10 Å². The predicted molar refractivity (Wildman–Crippen MR) is 70.6 cm³/mol. The predicted octanol–water partition coefficient (Wildman–Crippen LogP) is 3.86. The lowest BCUT2D eigenvalue weighted by molar-refractivity contribution is 0.135. The van der Waals surface area contributed by atoms with E-state index >= 15 is 0 Å². The molecular formula is C13H16BrNO. The summed E-state index contributed by atoms with van der Waals surface area (Å²) in [6.45, 7) is 2.95. The van der Waals surface area contributed by atoms with E-state index in [0.29, 0.717) is 0 Å². The Morgan fingerprint density at radius 2 is 2.38 bits per heavy atom. The highest BCUT2D eigenvalue weighted by atomic mass is 79.9. The average Bonchev–Trinajstić information content (AvgIpc) is 2.32. The van der Waals surface area contributed by atoms with Gasteiger partial charge in [0.25, 0.3) is 0 Å². The number of aryl methyl sites for hydroxylation is 1. The molecule has 0 radical (unpaired) electrons. The van der Waals surface area contributed by atoms with Crippen LogP contribution in [0.15, 0.2) is 35.0 Å². The van der Waals surface area contributed by atoms with Crippen LogP contribution in [-0.2, 0) is 4.74 Å². The summed E-state index contributed by atoms with van der Waals surface area (Å²) in [5, 5.41) is 3.42. The first-order valence-electron chi connectivity index (χ1n) is 5.56. The standard InChI is InChI=1S/C13H16BrNO/c1-10-5-6-12(14)13(8-10)15-9-11-4-2-3-7-16-11/h3,5-8,11,15H,2,4,9H2,1H3. The van der Waals surface area contributed by atoms with Crippen molar-refractivity contribution in [3.05, 3.63) is 40.6 Å². The minimum Gasteiger partial charge on any atom is -0.497 e. The Bertz CT molecular complexity index is 390. The number of nitrogens with one attached hydrogen (secondary N) is 1. The van der Waals surface area contributed by atoms with E-state index in [1.165, 1.54) is 5.56 Å². The normalized spacial score (nSPS) is 19.2. The molecule has 1 heterocycles. The lowest BCUT2D eigenvalue weighted by Gasteiger charge is -2.20. The molecule has 0 spiro atoms. The van der Waals surface area contributed by atoms with Crippen molar-refractivity contribution >= 4 is 21.6 Å². The van der Waals surface area contributed by atoms with E-state index in [9.17, 15) is 0 Å². The minimum absolute atomic E-state index is 0.289. The second-order valence-corrected chi connectivity index (χ2v) is 4.93. The molecule has 0 saturated carbocycles. The van der Waals surface area contributed by atoms with Crippen molar-refractivity contribution in [2.75, 3.05) is 11.9 Å². The van der Waals surface area contributed by atoms with E-state index in [2.05, 4.69) is 52.4 Å². The Hall–Kier alpha value is -0.960. The number of halogens is 1. The zero-order valence-electron chi connectivity index (χ0n) is 9.37. The number of allylic oxidation sites excluding steroid dienone is 1. The molecule has 2 rings (SSSR count). The molecule has 1 aromatic rings. The summed E-state index contributed by atoms with van der Waals surface area (Å²) < 4.78 is 6.61. The van der Waals surface area contributed by atoms with E-state index in [-0.39, 0.29) is 6.10 Å². The Labute approximate surface area is 105 Å². The average molecular weight is 282 g/mol. The third-order valence-corrected chi connectivity index (χ3v) is 3.36. The minimum atomic E-state index is 0.289. The third-order valence-electron chi connectivity index (χ3n) is 2.66. The van der Waals surface area contributed by atoms with E-state index in [1.54, 1.807) is 6.26 Å². The topological polar surface area (TPSA) is 21.3 Å². The molecule has 0 aliphatic carbocycles. The van der Waals surface area contributed by atoms with E-state index in [4.69, 9.17) is 4.74 Å². The third kappa shape index (κ3) is 3.01. The molecule has 0 fully saturated rings. The van der Waals surface area contributed by atoms with Crippen LogP contribution in [0.1, 0.15) is 18.4 Å². The molecule has 16 heavy (non-hydrogen) atoms. The van der Waals surface area contributed by atoms with Gasteiger partial charge < -0.3 is 10.1 Å². The number of ether oxygens (including phenoxy) is 1. The number of anilines is 1. The van der Waals surface area contributed by atoms with Crippen LogP contribution in [0.25, 0.3) is 0 Å². The molecular weight excluding hydrogens is 266 g/mol. The van der Waals surface area contributed by atoms with Gasteiger partial charge in [0, 0.05) is 10.2 Å². The Morgan fingerprint density at radius 1 is 1.50 bits per heavy atom. The van der Waals surface area contributed by atoms with Crippen LogP contribution in [0.3, 0.4) is 0 Å². The van der Waals surface area contributed by atoms with Gasteiger partial charge in [0.2, 0.25) is 0 Å². The fourth-order valence-corrected chi connectivity index (χ4v) is 2.12. The largest absolute Gasteiger partial charge is 0.497 e. The molecule has 0 aromatic heterocycles. The first-order valence-corrected chi connectivity index (χ1v) is 6.35. The quantitative estimate of drug-likeness (QED) is 0.908. The first-order chi connectivity index (χ1) is 7.75. The van der Waals surface area contributed by atoms with E-state index in [0.717, 1.165) is 29.5 Å². The van der Waals surface area contributed by atoms with E-state index in [1.807, 2.05) is 0 Å². The van der Waals surface area contributed by atoms with Crippen LogP contribution in [0.2, 0.25) is 0 Å². The van der Waals surface area contributed by atoms with Gasteiger partial charge in [-0.15, -0.1) is 0 Å². The van der Waals surface area contributed by atoms with Gasteiger partial charge in [0.15, 0.2) is 0 Å². The van der Waals surface area contributed by atoms with Crippen LogP contribution in [0.5, 0.6) is 0 Å². The van der Waals surface area contributed by atoms with Gasteiger partial charge >= 0.3 is 0 Å². The maximum Gasteiger partial charge on any atom is 0.115 e. The highest BCUT2D eigenvalue weighted by molar-refractivity contribution is 9.10. The maximum atomic E-state index is 5.51. The summed E-state index contributed by atoms with van der Waals surface area (Å²) >= 11 is 3.54. The molecule has 1 N–H and O–H groups in total. The lowest BCUT2D eigenvalue weighted by atomic mass is 10.1. The van der Waals surface area contributed by atoms with Gasteiger partial charge in [-0.1, -0.05) is 6.07 Å². The molecule has 1 atom stereocenters. The molecule has 1 aliphatic rings. The molecule has 0 amide bonds. The Balaban J connectivity index is 1.93. The molecule has 3 heteroatoms. The second kappa shape index (κ2) is 5.39.